The van der Waals surface area contributed by atoms with Crippen molar-refractivity contribution in [2.24, 2.45) is 0 Å². The first-order valence-corrected chi connectivity index (χ1v) is 3.11. The van der Waals surface area contributed by atoms with E-state index in [-0.39, 0.29) is 7.43 Å². The van der Waals surface area contributed by atoms with E-state index in [0.29, 0.717) is 5.75 Å². The molecule has 0 bridgehead atoms. The molecule has 0 spiro atoms. The minimum absolute atomic E-state index is 0. The van der Waals surface area contributed by atoms with Crippen LogP contribution >= 0.6 is 0 Å². The lowest BCUT2D eigenvalue weighted by atomic mass is 10.2. The average Bonchev–Trinajstić information content (AvgIpc) is 1.90. The van der Waals surface area contributed by atoms with Gasteiger partial charge in [0.25, 0.3) is 0 Å². The molecule has 1 heteroatoms. The molecular weight excluding hydrogens is 124 g/mol. The molecule has 56 valence electrons. The van der Waals surface area contributed by atoms with E-state index in [9.17, 15) is 0 Å². The summed E-state index contributed by atoms with van der Waals surface area (Å²) in [6, 6.07) is 7.27. The molecule has 0 amide bonds. The predicted molar refractivity (Wildman–Crippen MR) is 44.2 cm³/mol. The lowest BCUT2D eigenvalue weighted by Gasteiger charge is -1.93. The highest BCUT2D eigenvalue weighted by molar-refractivity contribution is 5.25. The van der Waals surface area contributed by atoms with Gasteiger partial charge in [0.1, 0.15) is 5.75 Å². The third-order valence-corrected chi connectivity index (χ3v) is 1.34. The molecule has 0 saturated carbocycles. The fourth-order valence-corrected chi connectivity index (χ4v) is 0.732. The molecule has 0 heterocycles. The maximum atomic E-state index is 8.85. The van der Waals surface area contributed by atoms with Gasteiger partial charge in [-0.2, -0.15) is 0 Å². The number of rotatable bonds is 1. The quantitative estimate of drug-likeness (QED) is 0.632. The van der Waals surface area contributed by atoms with Crippen LogP contribution in [-0.2, 0) is 6.42 Å². The number of hydrogen-bond donors (Lipinski definition) is 1. The molecule has 1 nitrogen and oxygen atoms in total. The molecule has 1 aromatic carbocycles. The molecule has 0 radical (unpaired) electrons. The van der Waals surface area contributed by atoms with E-state index in [2.05, 4.69) is 6.92 Å². The van der Waals surface area contributed by atoms with Gasteiger partial charge in [-0.3, -0.25) is 0 Å². The van der Waals surface area contributed by atoms with Gasteiger partial charge in [-0.25, -0.2) is 0 Å². The Hall–Kier alpha value is -0.980. The van der Waals surface area contributed by atoms with Crippen molar-refractivity contribution in [3.8, 4) is 5.75 Å². The predicted octanol–water partition coefficient (Wildman–Crippen LogP) is 2.59. The van der Waals surface area contributed by atoms with Crippen LogP contribution in [0, 0.1) is 0 Å². The van der Waals surface area contributed by atoms with Gasteiger partial charge < -0.3 is 5.11 Å². The van der Waals surface area contributed by atoms with Gasteiger partial charge in [-0.1, -0.05) is 26.5 Å². The zero-order chi connectivity index (χ0) is 6.69. The SMILES string of the molecule is C.CCc1ccc(O)cc1. The lowest BCUT2D eigenvalue weighted by molar-refractivity contribution is 0.475. The summed E-state index contributed by atoms with van der Waals surface area (Å²) in [5.74, 6) is 0.340. The maximum Gasteiger partial charge on any atom is 0.115 e. The van der Waals surface area contributed by atoms with Crippen LogP contribution in [-0.4, -0.2) is 5.11 Å². The molecule has 0 unspecified atom stereocenters. The van der Waals surface area contributed by atoms with Gasteiger partial charge in [0, 0.05) is 0 Å². The molecule has 1 rings (SSSR count). The minimum Gasteiger partial charge on any atom is -0.508 e. The van der Waals surface area contributed by atoms with Crippen LogP contribution in [0.3, 0.4) is 0 Å². The van der Waals surface area contributed by atoms with Gasteiger partial charge in [0.2, 0.25) is 0 Å². The van der Waals surface area contributed by atoms with Gasteiger partial charge in [-0.05, 0) is 24.1 Å². The van der Waals surface area contributed by atoms with Crippen LogP contribution in [0.5, 0.6) is 5.75 Å². The molecule has 1 N–H and O–H groups in total. The van der Waals surface area contributed by atoms with Crippen molar-refractivity contribution in [1.82, 2.24) is 0 Å². The van der Waals surface area contributed by atoms with Crippen molar-refractivity contribution in [1.29, 1.82) is 0 Å². The van der Waals surface area contributed by atoms with Crippen molar-refractivity contribution >= 4 is 0 Å². The van der Waals surface area contributed by atoms with E-state index in [1.54, 1.807) is 12.1 Å². The standard InChI is InChI=1S/C8H10O.CH4/c1-2-7-3-5-8(9)6-4-7;/h3-6,9H,2H2,1H3;1H4. The Kier molecular flexibility index (Phi) is 3.55. The highest BCUT2D eigenvalue weighted by atomic mass is 16.3. The molecule has 0 fully saturated rings. The lowest BCUT2D eigenvalue weighted by Crippen LogP contribution is -1.75. The first kappa shape index (κ1) is 9.02. The minimum atomic E-state index is 0. The molecule has 0 aliphatic rings. The summed E-state index contributed by atoms with van der Waals surface area (Å²) < 4.78 is 0. The Morgan fingerprint density at radius 2 is 1.70 bits per heavy atom. The van der Waals surface area contributed by atoms with Crippen LogP contribution in [0.2, 0.25) is 0 Å². The summed E-state index contributed by atoms with van der Waals surface area (Å²) in [7, 11) is 0. The molecule has 10 heavy (non-hydrogen) atoms. The average molecular weight is 138 g/mol. The second-order valence-corrected chi connectivity index (χ2v) is 2.02. The normalized spacial score (nSPS) is 8.50. The molecular formula is C9H14O. The van der Waals surface area contributed by atoms with E-state index in [1.807, 2.05) is 12.1 Å². The Morgan fingerprint density at radius 3 is 2.10 bits per heavy atom. The molecule has 1 aromatic rings. The summed E-state index contributed by atoms with van der Waals surface area (Å²) in [5, 5.41) is 8.85. The summed E-state index contributed by atoms with van der Waals surface area (Å²) in [6.45, 7) is 2.09. The van der Waals surface area contributed by atoms with Crippen LogP contribution in [0.25, 0.3) is 0 Å². The van der Waals surface area contributed by atoms with E-state index in [1.165, 1.54) is 5.56 Å². The summed E-state index contributed by atoms with van der Waals surface area (Å²) in [6.07, 6.45) is 1.03. The summed E-state index contributed by atoms with van der Waals surface area (Å²) in [4.78, 5) is 0. The van der Waals surface area contributed by atoms with Crippen molar-refractivity contribution in [3.63, 3.8) is 0 Å². The molecule has 0 aromatic heterocycles. The van der Waals surface area contributed by atoms with Crippen molar-refractivity contribution < 1.29 is 5.11 Å². The van der Waals surface area contributed by atoms with Gasteiger partial charge in [0.05, 0.1) is 0 Å². The molecule has 0 aliphatic carbocycles. The maximum absolute atomic E-state index is 8.85. The monoisotopic (exact) mass is 138 g/mol. The Morgan fingerprint density at radius 1 is 1.20 bits per heavy atom. The third-order valence-electron chi connectivity index (χ3n) is 1.34. The zero-order valence-electron chi connectivity index (χ0n) is 5.46. The van der Waals surface area contributed by atoms with E-state index in [0.717, 1.165) is 6.42 Å². The molecule has 0 aliphatic heterocycles. The topological polar surface area (TPSA) is 20.2 Å². The smallest absolute Gasteiger partial charge is 0.115 e. The van der Waals surface area contributed by atoms with E-state index in [4.69, 9.17) is 5.11 Å². The first-order chi connectivity index (χ1) is 4.33. The number of phenols is 1. The zero-order valence-corrected chi connectivity index (χ0v) is 5.46. The van der Waals surface area contributed by atoms with Gasteiger partial charge in [-0.15, -0.1) is 0 Å². The number of hydrogen-bond acceptors (Lipinski definition) is 1. The fraction of sp³-hybridized carbons (Fsp3) is 0.333. The largest absolute Gasteiger partial charge is 0.508 e. The number of aromatic hydroxyl groups is 1. The Bertz CT molecular complexity index is 176. The van der Waals surface area contributed by atoms with Gasteiger partial charge >= 0.3 is 0 Å². The van der Waals surface area contributed by atoms with Crippen LogP contribution in [0.1, 0.15) is 19.9 Å². The number of aryl methyl sites for hydroxylation is 1. The van der Waals surface area contributed by atoms with E-state index < -0.39 is 0 Å². The Labute approximate surface area is 62.3 Å². The summed E-state index contributed by atoms with van der Waals surface area (Å²) in [5.41, 5.74) is 1.26. The first-order valence-electron chi connectivity index (χ1n) is 3.11. The highest BCUT2D eigenvalue weighted by Crippen LogP contribution is 2.09. The second kappa shape index (κ2) is 3.94. The molecule has 0 atom stereocenters. The van der Waals surface area contributed by atoms with Crippen LogP contribution in [0.15, 0.2) is 24.3 Å². The van der Waals surface area contributed by atoms with Gasteiger partial charge in [0.15, 0.2) is 0 Å². The number of phenolic OH excluding ortho intramolecular Hbond substituents is 1. The number of benzene rings is 1. The van der Waals surface area contributed by atoms with Crippen molar-refractivity contribution in [2.45, 2.75) is 20.8 Å². The molecule has 0 saturated heterocycles. The third kappa shape index (κ3) is 2.09. The van der Waals surface area contributed by atoms with E-state index >= 15 is 0 Å². The Balaban J connectivity index is 0.000000810. The fourth-order valence-electron chi connectivity index (χ4n) is 0.732. The van der Waals surface area contributed by atoms with Crippen LogP contribution in [0.4, 0.5) is 0 Å². The highest BCUT2D eigenvalue weighted by Gasteiger charge is 1.86. The van der Waals surface area contributed by atoms with Crippen molar-refractivity contribution in [2.75, 3.05) is 0 Å². The summed E-state index contributed by atoms with van der Waals surface area (Å²) >= 11 is 0. The second-order valence-electron chi connectivity index (χ2n) is 2.02. The van der Waals surface area contributed by atoms with Crippen molar-refractivity contribution in [3.05, 3.63) is 29.8 Å². The van der Waals surface area contributed by atoms with Crippen LogP contribution < -0.4 is 0 Å².